The molecular weight excluding hydrogens is 341 g/mol. The first-order valence-electron chi connectivity index (χ1n) is 7.93. The number of benzene rings is 2. The molecule has 1 amide bonds. The van der Waals surface area contributed by atoms with Crippen molar-refractivity contribution in [2.75, 3.05) is 11.9 Å². The quantitative estimate of drug-likeness (QED) is 0.682. The molecule has 0 atom stereocenters. The number of aromatic amines is 1. The summed E-state index contributed by atoms with van der Waals surface area (Å²) in [7, 11) is 0. The molecule has 0 aliphatic heterocycles. The van der Waals surface area contributed by atoms with Gasteiger partial charge in [0.2, 0.25) is 5.91 Å². The fourth-order valence-corrected chi connectivity index (χ4v) is 2.55. The minimum absolute atomic E-state index is 0.142. The summed E-state index contributed by atoms with van der Waals surface area (Å²) in [6, 6.07) is 10.3. The van der Waals surface area contributed by atoms with Gasteiger partial charge in [-0.15, -0.1) is 0 Å². The van der Waals surface area contributed by atoms with Crippen LogP contribution in [0.4, 0.5) is 10.1 Å². The molecule has 1 heterocycles. The summed E-state index contributed by atoms with van der Waals surface area (Å²) in [6.45, 7) is 2.02. The maximum Gasteiger partial charge on any atom is 0.317 e. The Hall–Kier alpha value is -3.42. The van der Waals surface area contributed by atoms with Gasteiger partial charge in [0.25, 0.3) is 0 Å². The molecular formula is C18H16FN3O4. The highest BCUT2D eigenvalue weighted by Gasteiger charge is 2.12. The average Bonchev–Trinajstić information content (AvgIpc) is 2.61. The van der Waals surface area contributed by atoms with Gasteiger partial charge in [-0.25, -0.2) is 4.39 Å². The van der Waals surface area contributed by atoms with E-state index in [0.29, 0.717) is 18.0 Å². The van der Waals surface area contributed by atoms with Crippen LogP contribution in [0.5, 0.6) is 5.75 Å². The number of anilines is 1. The number of carbonyl (C=O) groups excluding carboxylic acids is 1. The number of fused-ring (bicyclic) bond motifs is 1. The number of aromatic nitrogens is 2. The molecule has 3 rings (SSSR count). The average molecular weight is 357 g/mol. The van der Waals surface area contributed by atoms with Gasteiger partial charge < -0.3 is 15.0 Å². The van der Waals surface area contributed by atoms with Crippen LogP contribution in [0.2, 0.25) is 0 Å². The Morgan fingerprint density at radius 1 is 1.19 bits per heavy atom. The molecule has 26 heavy (non-hydrogen) atoms. The summed E-state index contributed by atoms with van der Waals surface area (Å²) in [5.41, 5.74) is -0.879. The van der Waals surface area contributed by atoms with Gasteiger partial charge in [-0.05, 0) is 49.4 Å². The third-order valence-electron chi connectivity index (χ3n) is 3.69. The Labute approximate surface area is 147 Å². The van der Waals surface area contributed by atoms with Crippen molar-refractivity contribution >= 4 is 22.6 Å². The highest BCUT2D eigenvalue weighted by molar-refractivity contribution is 5.91. The largest absolute Gasteiger partial charge is 0.494 e. The molecule has 2 N–H and O–H groups in total. The van der Waals surface area contributed by atoms with Crippen LogP contribution in [0, 0.1) is 5.82 Å². The molecule has 0 radical (unpaired) electrons. The van der Waals surface area contributed by atoms with Crippen LogP contribution in [-0.2, 0) is 11.3 Å². The van der Waals surface area contributed by atoms with Gasteiger partial charge >= 0.3 is 11.1 Å². The second-order valence-corrected chi connectivity index (χ2v) is 5.51. The minimum Gasteiger partial charge on any atom is -0.494 e. The van der Waals surface area contributed by atoms with Gasteiger partial charge in [0.15, 0.2) is 0 Å². The Kier molecular flexibility index (Phi) is 4.83. The summed E-state index contributed by atoms with van der Waals surface area (Å²) < 4.78 is 19.7. The summed E-state index contributed by atoms with van der Waals surface area (Å²) in [5.74, 6) is -0.381. The van der Waals surface area contributed by atoms with Gasteiger partial charge in [-0.3, -0.25) is 19.0 Å². The molecule has 3 aromatic rings. The lowest BCUT2D eigenvalue weighted by Gasteiger charge is -2.11. The van der Waals surface area contributed by atoms with E-state index in [1.54, 1.807) is 24.3 Å². The van der Waals surface area contributed by atoms with Crippen LogP contribution in [0.15, 0.2) is 52.1 Å². The van der Waals surface area contributed by atoms with E-state index in [4.69, 9.17) is 4.74 Å². The highest BCUT2D eigenvalue weighted by Crippen LogP contribution is 2.16. The number of halogens is 1. The van der Waals surface area contributed by atoms with Crippen molar-refractivity contribution in [1.29, 1.82) is 0 Å². The second kappa shape index (κ2) is 7.22. The highest BCUT2D eigenvalue weighted by atomic mass is 19.1. The van der Waals surface area contributed by atoms with E-state index >= 15 is 0 Å². The summed E-state index contributed by atoms with van der Waals surface area (Å²) >= 11 is 0. The van der Waals surface area contributed by atoms with Crippen LogP contribution < -0.4 is 21.2 Å². The molecule has 0 saturated carbocycles. The van der Waals surface area contributed by atoms with E-state index in [-0.39, 0.29) is 17.6 Å². The zero-order valence-electron chi connectivity index (χ0n) is 13.9. The predicted octanol–water partition coefficient (Wildman–Crippen LogP) is 1.87. The molecule has 7 nitrogen and oxygen atoms in total. The number of hydrogen-bond acceptors (Lipinski definition) is 4. The summed E-state index contributed by atoms with van der Waals surface area (Å²) in [5, 5.41) is 2.64. The number of nitrogens with zero attached hydrogens (tertiary/aromatic N) is 1. The molecule has 0 aliphatic carbocycles. The number of carbonyl (C=O) groups is 1. The molecule has 134 valence electrons. The van der Waals surface area contributed by atoms with Gasteiger partial charge in [0.05, 0.1) is 17.6 Å². The number of nitrogens with one attached hydrogen (secondary N) is 2. The van der Waals surface area contributed by atoms with Crippen molar-refractivity contribution in [3.8, 4) is 5.75 Å². The van der Waals surface area contributed by atoms with Crippen LogP contribution in [0.3, 0.4) is 0 Å². The van der Waals surface area contributed by atoms with Crippen LogP contribution in [0.1, 0.15) is 6.92 Å². The molecule has 8 heteroatoms. The molecule has 0 saturated heterocycles. The summed E-state index contributed by atoms with van der Waals surface area (Å²) in [4.78, 5) is 38.4. The SMILES string of the molecule is CCOc1ccc(NC(=O)Cn2c(=O)c(=O)[nH]c3cc(F)ccc32)cc1. The maximum absolute atomic E-state index is 13.3. The Morgan fingerprint density at radius 3 is 2.62 bits per heavy atom. The lowest BCUT2D eigenvalue weighted by Crippen LogP contribution is -2.38. The molecule has 0 spiro atoms. The van der Waals surface area contributed by atoms with Crippen LogP contribution in [-0.4, -0.2) is 22.1 Å². The Morgan fingerprint density at radius 2 is 1.92 bits per heavy atom. The number of ether oxygens (including phenoxy) is 1. The lowest BCUT2D eigenvalue weighted by molar-refractivity contribution is -0.116. The fourth-order valence-electron chi connectivity index (χ4n) is 2.55. The van der Waals surface area contributed by atoms with E-state index in [1.165, 1.54) is 6.07 Å². The van der Waals surface area contributed by atoms with Crippen molar-refractivity contribution in [1.82, 2.24) is 9.55 Å². The van der Waals surface area contributed by atoms with Crippen LogP contribution >= 0.6 is 0 Å². The topological polar surface area (TPSA) is 93.2 Å². The fraction of sp³-hybridized carbons (Fsp3) is 0.167. The van der Waals surface area contributed by atoms with Crippen molar-refractivity contribution in [3.63, 3.8) is 0 Å². The molecule has 2 aromatic carbocycles. The predicted molar refractivity (Wildman–Crippen MR) is 95.0 cm³/mol. The maximum atomic E-state index is 13.3. The van der Waals surface area contributed by atoms with E-state index < -0.39 is 22.8 Å². The van der Waals surface area contributed by atoms with Crippen molar-refractivity contribution in [2.45, 2.75) is 13.5 Å². The Bertz CT molecular complexity index is 1070. The second-order valence-electron chi connectivity index (χ2n) is 5.51. The monoisotopic (exact) mass is 357 g/mol. The minimum atomic E-state index is -0.919. The zero-order valence-corrected chi connectivity index (χ0v) is 13.9. The normalized spacial score (nSPS) is 10.7. The van der Waals surface area contributed by atoms with E-state index in [0.717, 1.165) is 16.7 Å². The number of rotatable bonds is 5. The zero-order chi connectivity index (χ0) is 18.7. The lowest BCUT2D eigenvalue weighted by atomic mass is 10.2. The first-order chi connectivity index (χ1) is 12.5. The van der Waals surface area contributed by atoms with E-state index in [1.807, 2.05) is 6.92 Å². The van der Waals surface area contributed by atoms with Crippen molar-refractivity contribution in [3.05, 3.63) is 69.0 Å². The van der Waals surface area contributed by atoms with Gasteiger partial charge in [0.1, 0.15) is 18.1 Å². The molecule has 0 unspecified atom stereocenters. The standard InChI is InChI=1S/C18H16FN3O4/c1-2-26-13-6-4-12(5-7-13)20-16(23)10-22-15-8-3-11(19)9-14(15)21-17(24)18(22)25/h3-9H,2,10H2,1H3,(H,20,23)(H,21,24). The molecule has 0 fully saturated rings. The number of H-pyrrole nitrogens is 1. The van der Waals surface area contributed by atoms with E-state index in [9.17, 15) is 18.8 Å². The Balaban J connectivity index is 1.86. The van der Waals surface area contributed by atoms with Gasteiger partial charge in [-0.2, -0.15) is 0 Å². The smallest absolute Gasteiger partial charge is 0.317 e. The van der Waals surface area contributed by atoms with Gasteiger partial charge in [-0.1, -0.05) is 0 Å². The van der Waals surface area contributed by atoms with Crippen molar-refractivity contribution < 1.29 is 13.9 Å². The summed E-state index contributed by atoms with van der Waals surface area (Å²) in [6.07, 6.45) is 0. The first kappa shape index (κ1) is 17.4. The molecule has 1 aromatic heterocycles. The number of amides is 1. The number of hydrogen-bond donors (Lipinski definition) is 2. The van der Waals surface area contributed by atoms with Crippen molar-refractivity contribution in [2.24, 2.45) is 0 Å². The third kappa shape index (κ3) is 3.64. The van der Waals surface area contributed by atoms with E-state index in [2.05, 4.69) is 10.3 Å². The first-order valence-corrected chi connectivity index (χ1v) is 7.93. The third-order valence-corrected chi connectivity index (χ3v) is 3.69. The molecule has 0 aliphatic rings. The van der Waals surface area contributed by atoms with Crippen LogP contribution in [0.25, 0.3) is 11.0 Å². The van der Waals surface area contributed by atoms with Gasteiger partial charge in [0, 0.05) is 5.69 Å². The molecule has 0 bridgehead atoms.